The number of amides is 1. The third kappa shape index (κ3) is 3.81. The average molecular weight is 463 g/mol. The van der Waals surface area contributed by atoms with Crippen LogP contribution in [0.1, 0.15) is 38.1 Å². The van der Waals surface area contributed by atoms with Gasteiger partial charge in [0, 0.05) is 23.4 Å². The van der Waals surface area contributed by atoms with Crippen LogP contribution < -0.4 is 10.9 Å². The molecule has 0 saturated heterocycles. The summed E-state index contributed by atoms with van der Waals surface area (Å²) in [6.07, 6.45) is 0.691. The molecule has 0 atom stereocenters. The Kier molecular flexibility index (Phi) is 5.47. The average Bonchev–Trinajstić information content (AvgIpc) is 3.15. The van der Waals surface area contributed by atoms with Crippen molar-refractivity contribution in [1.29, 1.82) is 0 Å². The maximum atomic E-state index is 13.2. The van der Waals surface area contributed by atoms with Crippen molar-refractivity contribution < 1.29 is 18.7 Å². The van der Waals surface area contributed by atoms with E-state index in [1.165, 1.54) is 11.3 Å². The number of nitrogens with one attached hydrogen (secondary N) is 1. The summed E-state index contributed by atoms with van der Waals surface area (Å²) in [7, 11) is 2.01. The Hall–Kier alpha value is -3.49. The largest absolute Gasteiger partial charge is 0.462 e. The van der Waals surface area contributed by atoms with Gasteiger partial charge in [0.2, 0.25) is 0 Å². The fraction of sp³-hybridized carbons (Fsp3) is 0.240. The smallest absolute Gasteiger partial charge is 0.349 e. The summed E-state index contributed by atoms with van der Waals surface area (Å²) in [6.45, 7) is 3.47. The van der Waals surface area contributed by atoms with Crippen LogP contribution in [0, 0.1) is 0 Å². The van der Waals surface area contributed by atoms with Crippen molar-refractivity contribution in [3.63, 3.8) is 0 Å². The van der Waals surface area contributed by atoms with Gasteiger partial charge in [-0.25, -0.2) is 9.59 Å². The Balaban J connectivity index is 1.57. The fourth-order valence-corrected chi connectivity index (χ4v) is 5.55. The van der Waals surface area contributed by atoms with E-state index in [-0.39, 0.29) is 12.2 Å². The molecule has 2 aromatic carbocycles. The summed E-state index contributed by atoms with van der Waals surface area (Å²) >= 11 is 1.35. The van der Waals surface area contributed by atoms with Crippen LogP contribution in [0.15, 0.2) is 51.7 Å². The van der Waals surface area contributed by atoms with Crippen LogP contribution in [0.5, 0.6) is 0 Å². The second kappa shape index (κ2) is 8.46. The van der Waals surface area contributed by atoms with Crippen molar-refractivity contribution in [3.8, 4) is 0 Å². The van der Waals surface area contributed by atoms with E-state index in [9.17, 15) is 14.4 Å². The van der Waals surface area contributed by atoms with Gasteiger partial charge in [0.15, 0.2) is 0 Å². The second-order valence-corrected chi connectivity index (χ2v) is 9.12. The number of benzene rings is 2. The third-order valence-electron chi connectivity index (χ3n) is 5.84. The molecule has 0 saturated carbocycles. The van der Waals surface area contributed by atoms with Crippen LogP contribution >= 0.6 is 11.3 Å². The number of esters is 1. The molecule has 0 aliphatic carbocycles. The highest BCUT2D eigenvalue weighted by molar-refractivity contribution is 7.17. The first-order chi connectivity index (χ1) is 16.0. The predicted octanol–water partition coefficient (Wildman–Crippen LogP) is 4.42. The molecule has 33 heavy (non-hydrogen) atoms. The second-order valence-electron chi connectivity index (χ2n) is 8.02. The summed E-state index contributed by atoms with van der Waals surface area (Å²) in [5.41, 5.74) is 0.862. The lowest BCUT2D eigenvalue weighted by molar-refractivity contribution is 0.0526. The highest BCUT2D eigenvalue weighted by Gasteiger charge is 2.29. The zero-order chi connectivity index (χ0) is 23.1. The van der Waals surface area contributed by atoms with E-state index < -0.39 is 17.5 Å². The highest BCUT2D eigenvalue weighted by atomic mass is 32.1. The third-order valence-corrected chi connectivity index (χ3v) is 6.97. The molecule has 1 N–H and O–H groups in total. The molecule has 168 valence electrons. The van der Waals surface area contributed by atoms with Gasteiger partial charge in [-0.05, 0) is 48.9 Å². The summed E-state index contributed by atoms with van der Waals surface area (Å²) in [4.78, 5) is 41.7. The Morgan fingerprint density at radius 3 is 2.82 bits per heavy atom. The number of rotatable bonds is 4. The van der Waals surface area contributed by atoms with Crippen molar-refractivity contribution >= 4 is 50.0 Å². The van der Waals surface area contributed by atoms with E-state index >= 15 is 0 Å². The molecular weight excluding hydrogens is 440 g/mol. The summed E-state index contributed by atoms with van der Waals surface area (Å²) in [6, 6.07) is 12.9. The van der Waals surface area contributed by atoms with E-state index in [0.29, 0.717) is 34.5 Å². The maximum absolute atomic E-state index is 13.2. The quantitative estimate of drug-likeness (QED) is 0.274. The zero-order valence-electron chi connectivity index (χ0n) is 18.3. The maximum Gasteiger partial charge on any atom is 0.349 e. The molecular formula is C25H22N2O5S. The molecule has 1 aliphatic rings. The molecule has 2 aromatic heterocycles. The molecule has 0 fully saturated rings. The zero-order valence-corrected chi connectivity index (χ0v) is 19.1. The van der Waals surface area contributed by atoms with E-state index in [0.717, 1.165) is 27.8 Å². The van der Waals surface area contributed by atoms with Gasteiger partial charge in [-0.2, -0.15) is 0 Å². The summed E-state index contributed by atoms with van der Waals surface area (Å²) in [5.74, 6) is -1.08. The Bertz CT molecular complexity index is 1470. The lowest BCUT2D eigenvalue weighted by Crippen LogP contribution is -2.26. The van der Waals surface area contributed by atoms with E-state index in [2.05, 4.69) is 10.2 Å². The van der Waals surface area contributed by atoms with Crippen LogP contribution in [0.4, 0.5) is 5.00 Å². The van der Waals surface area contributed by atoms with Crippen LogP contribution in [0.3, 0.4) is 0 Å². The first-order valence-corrected chi connectivity index (χ1v) is 11.5. The molecule has 5 rings (SSSR count). The molecule has 7 nitrogen and oxygen atoms in total. The van der Waals surface area contributed by atoms with E-state index in [1.807, 2.05) is 37.4 Å². The summed E-state index contributed by atoms with van der Waals surface area (Å²) in [5, 5.41) is 5.73. The highest BCUT2D eigenvalue weighted by Crippen LogP contribution is 2.37. The van der Waals surface area contributed by atoms with Crippen molar-refractivity contribution in [2.45, 2.75) is 19.9 Å². The first kappa shape index (κ1) is 21.4. The van der Waals surface area contributed by atoms with Crippen LogP contribution in [-0.2, 0) is 17.7 Å². The van der Waals surface area contributed by atoms with Crippen molar-refractivity contribution in [2.24, 2.45) is 0 Å². The SMILES string of the molecule is CCOC(=O)c1c(NC(=O)c2cc3c(ccc4ccccc43)oc2=O)sc2c1CCN(C)C2. The topological polar surface area (TPSA) is 88.8 Å². The van der Waals surface area contributed by atoms with Gasteiger partial charge < -0.3 is 19.4 Å². The minimum absolute atomic E-state index is 0.114. The van der Waals surface area contributed by atoms with Crippen molar-refractivity contribution in [2.75, 3.05) is 25.5 Å². The number of ether oxygens (including phenoxy) is 1. The van der Waals surface area contributed by atoms with E-state index in [1.54, 1.807) is 19.1 Å². The number of nitrogens with zero attached hydrogens (tertiary/aromatic N) is 1. The molecule has 0 unspecified atom stereocenters. The molecule has 8 heteroatoms. The van der Waals surface area contributed by atoms with Crippen LogP contribution in [-0.4, -0.2) is 37.0 Å². The first-order valence-electron chi connectivity index (χ1n) is 10.7. The fourth-order valence-electron chi connectivity index (χ4n) is 4.24. The van der Waals surface area contributed by atoms with Gasteiger partial charge in [-0.15, -0.1) is 11.3 Å². The standard InChI is InChI=1S/C25H22N2O5S/c1-3-31-25(30)21-16-10-11-27(2)13-20(16)33-23(21)26-22(28)18-12-17-15-7-5-4-6-14(15)8-9-19(17)32-24(18)29/h4-9,12H,3,10-11,13H2,1-2H3,(H,26,28). The van der Waals surface area contributed by atoms with Gasteiger partial charge in [-0.1, -0.05) is 30.3 Å². The number of thiophene rings is 1. The Morgan fingerprint density at radius 2 is 2.00 bits per heavy atom. The molecule has 0 radical (unpaired) electrons. The monoisotopic (exact) mass is 462 g/mol. The van der Waals surface area contributed by atoms with Crippen molar-refractivity contribution in [3.05, 3.63) is 74.5 Å². The Labute approximate surface area is 193 Å². The number of hydrogen-bond donors (Lipinski definition) is 1. The van der Waals surface area contributed by atoms with Crippen molar-refractivity contribution in [1.82, 2.24) is 4.90 Å². The minimum atomic E-state index is -0.728. The predicted molar refractivity (Wildman–Crippen MR) is 128 cm³/mol. The van der Waals surface area contributed by atoms with Gasteiger partial charge in [0.25, 0.3) is 5.91 Å². The molecule has 3 heterocycles. The molecule has 0 spiro atoms. The molecule has 1 amide bonds. The normalized spacial score (nSPS) is 13.8. The van der Waals surface area contributed by atoms with Gasteiger partial charge in [0.05, 0.1) is 12.2 Å². The van der Waals surface area contributed by atoms with Crippen LogP contribution in [0.25, 0.3) is 21.7 Å². The number of fused-ring (bicyclic) bond motifs is 4. The number of hydrogen-bond acceptors (Lipinski definition) is 7. The van der Waals surface area contributed by atoms with E-state index in [4.69, 9.17) is 9.15 Å². The lowest BCUT2D eigenvalue weighted by Gasteiger charge is -2.22. The number of likely N-dealkylation sites (N-methyl/N-ethyl adjacent to an activating group) is 1. The van der Waals surface area contributed by atoms with Gasteiger partial charge >= 0.3 is 11.6 Å². The molecule has 4 aromatic rings. The number of carbonyl (C=O) groups is 2. The molecule has 1 aliphatic heterocycles. The number of carbonyl (C=O) groups excluding carboxylic acids is 2. The minimum Gasteiger partial charge on any atom is -0.462 e. The number of anilines is 1. The Morgan fingerprint density at radius 1 is 1.18 bits per heavy atom. The molecule has 0 bridgehead atoms. The van der Waals surface area contributed by atoms with Gasteiger partial charge in [0.1, 0.15) is 16.1 Å². The van der Waals surface area contributed by atoms with Gasteiger partial charge in [-0.3, -0.25) is 4.79 Å². The van der Waals surface area contributed by atoms with Crippen LogP contribution in [0.2, 0.25) is 0 Å². The summed E-state index contributed by atoms with van der Waals surface area (Å²) < 4.78 is 10.7. The lowest BCUT2D eigenvalue weighted by atomic mass is 10.0.